The molecule has 3 aromatic rings. The highest BCUT2D eigenvalue weighted by Crippen LogP contribution is 2.26. The molecule has 1 heterocycles. The van der Waals surface area contributed by atoms with Crippen LogP contribution in [0.3, 0.4) is 0 Å². The molecule has 1 aromatic heterocycles. The number of benzene rings is 2. The van der Waals surface area contributed by atoms with Gasteiger partial charge in [-0.05, 0) is 53.6 Å². The van der Waals surface area contributed by atoms with E-state index in [1.165, 1.54) is 24.3 Å². The first-order valence-corrected chi connectivity index (χ1v) is 8.14. The minimum absolute atomic E-state index is 0.196. The molecule has 1 amide bonds. The van der Waals surface area contributed by atoms with E-state index in [4.69, 9.17) is 9.37 Å². The number of amides is 1. The lowest BCUT2D eigenvalue weighted by Crippen LogP contribution is -2.30. The molecule has 0 saturated heterocycles. The summed E-state index contributed by atoms with van der Waals surface area (Å²) in [5, 5.41) is 10.2. The van der Waals surface area contributed by atoms with Crippen molar-refractivity contribution >= 4 is 27.7 Å². The van der Waals surface area contributed by atoms with Gasteiger partial charge in [0.1, 0.15) is 11.6 Å². The van der Waals surface area contributed by atoms with E-state index in [0.717, 1.165) is 10.0 Å². The molecule has 0 aliphatic rings. The van der Waals surface area contributed by atoms with E-state index < -0.39 is 12.0 Å². The number of hydrogen-bond acceptors (Lipinski definition) is 5. The van der Waals surface area contributed by atoms with Gasteiger partial charge in [0.2, 0.25) is 5.82 Å². The number of anilines is 1. The van der Waals surface area contributed by atoms with E-state index in [1.54, 1.807) is 6.92 Å². The van der Waals surface area contributed by atoms with Crippen molar-refractivity contribution < 1.29 is 18.6 Å². The lowest BCUT2D eigenvalue weighted by Gasteiger charge is -2.13. The van der Waals surface area contributed by atoms with Crippen molar-refractivity contribution in [1.29, 1.82) is 0 Å². The summed E-state index contributed by atoms with van der Waals surface area (Å²) in [5.41, 5.74) is 1.15. The van der Waals surface area contributed by atoms with Crippen LogP contribution in [0.4, 0.5) is 10.2 Å². The highest BCUT2D eigenvalue weighted by atomic mass is 79.9. The maximum Gasteiger partial charge on any atom is 0.266 e. The number of halogens is 2. The molecule has 0 spiro atoms. The average Bonchev–Trinajstić information content (AvgIpc) is 3.05. The van der Waals surface area contributed by atoms with Crippen LogP contribution in [0.25, 0.3) is 11.3 Å². The molecule has 0 bridgehead atoms. The maximum absolute atomic E-state index is 12.9. The minimum atomic E-state index is -0.820. The monoisotopic (exact) mass is 405 g/mol. The van der Waals surface area contributed by atoms with Gasteiger partial charge < -0.3 is 10.1 Å². The van der Waals surface area contributed by atoms with Crippen LogP contribution in [0.2, 0.25) is 0 Å². The molecule has 1 atom stereocenters. The van der Waals surface area contributed by atoms with E-state index in [1.807, 2.05) is 24.3 Å². The van der Waals surface area contributed by atoms with Crippen molar-refractivity contribution in [2.75, 3.05) is 5.32 Å². The van der Waals surface area contributed by atoms with Crippen LogP contribution in [-0.4, -0.2) is 22.3 Å². The quantitative estimate of drug-likeness (QED) is 0.692. The largest absolute Gasteiger partial charge is 0.481 e. The Morgan fingerprint density at radius 1 is 1.16 bits per heavy atom. The zero-order chi connectivity index (χ0) is 17.8. The summed E-state index contributed by atoms with van der Waals surface area (Å²) in [6.45, 7) is 1.57. The van der Waals surface area contributed by atoms with Crippen LogP contribution in [0.1, 0.15) is 6.92 Å². The van der Waals surface area contributed by atoms with Crippen molar-refractivity contribution in [1.82, 2.24) is 10.3 Å². The number of nitrogens with zero attached hydrogens (tertiary/aromatic N) is 2. The predicted molar refractivity (Wildman–Crippen MR) is 92.6 cm³/mol. The van der Waals surface area contributed by atoms with Gasteiger partial charge in [-0.1, -0.05) is 28.1 Å². The summed E-state index contributed by atoms with van der Waals surface area (Å²) < 4.78 is 24.0. The molecule has 0 radical (unpaired) electrons. The summed E-state index contributed by atoms with van der Waals surface area (Å²) in [4.78, 5) is 12.3. The smallest absolute Gasteiger partial charge is 0.266 e. The van der Waals surface area contributed by atoms with Crippen LogP contribution in [0, 0.1) is 5.82 Å². The van der Waals surface area contributed by atoms with E-state index >= 15 is 0 Å². The molecule has 2 aromatic carbocycles. The Labute approximate surface area is 151 Å². The highest BCUT2D eigenvalue weighted by Gasteiger charge is 2.20. The second-order valence-corrected chi connectivity index (χ2v) is 6.09. The van der Waals surface area contributed by atoms with Crippen LogP contribution < -0.4 is 10.1 Å². The second kappa shape index (κ2) is 7.43. The Kier molecular flexibility index (Phi) is 5.08. The summed E-state index contributed by atoms with van der Waals surface area (Å²) >= 11 is 3.35. The van der Waals surface area contributed by atoms with E-state index in [-0.39, 0.29) is 11.6 Å². The van der Waals surface area contributed by atoms with Gasteiger partial charge in [0, 0.05) is 10.0 Å². The molecule has 128 valence electrons. The van der Waals surface area contributed by atoms with Gasteiger partial charge in [-0.25, -0.2) is 9.02 Å². The highest BCUT2D eigenvalue weighted by molar-refractivity contribution is 9.10. The van der Waals surface area contributed by atoms with Gasteiger partial charge in [-0.2, -0.15) is 0 Å². The number of carbonyl (C=O) groups is 1. The topological polar surface area (TPSA) is 77.2 Å². The van der Waals surface area contributed by atoms with Gasteiger partial charge in [0.05, 0.1) is 0 Å². The molecule has 3 rings (SSSR count). The molecular formula is C17H13BrFN3O3. The molecule has 0 aliphatic heterocycles. The van der Waals surface area contributed by atoms with Crippen molar-refractivity contribution in [3.05, 3.63) is 58.8 Å². The van der Waals surface area contributed by atoms with Gasteiger partial charge >= 0.3 is 0 Å². The summed E-state index contributed by atoms with van der Waals surface area (Å²) in [5.74, 6) is -0.229. The lowest BCUT2D eigenvalue weighted by atomic mass is 10.1. The zero-order valence-corrected chi connectivity index (χ0v) is 14.7. The fourth-order valence-corrected chi connectivity index (χ4v) is 2.32. The third-order valence-corrected chi connectivity index (χ3v) is 3.87. The number of hydrogen-bond donors (Lipinski definition) is 1. The number of nitrogens with one attached hydrogen (secondary N) is 1. The van der Waals surface area contributed by atoms with Crippen LogP contribution >= 0.6 is 15.9 Å². The Bertz CT molecular complexity index is 866. The van der Waals surface area contributed by atoms with E-state index in [2.05, 4.69) is 31.6 Å². The van der Waals surface area contributed by atoms with Crippen LogP contribution in [0.5, 0.6) is 5.75 Å². The summed E-state index contributed by atoms with van der Waals surface area (Å²) in [7, 11) is 0. The Morgan fingerprint density at radius 3 is 2.52 bits per heavy atom. The molecule has 0 unspecified atom stereocenters. The standard InChI is InChI=1S/C17H13BrFN3O3/c1-10(24-14-8-6-13(19)7-9-14)17(23)20-16-15(21-25-22-16)11-2-4-12(18)5-3-11/h2-10H,1H3,(H,20,22,23)/t10-/m1/s1. The normalized spacial score (nSPS) is 11.8. The molecule has 25 heavy (non-hydrogen) atoms. The Hall–Kier alpha value is -2.74. The van der Waals surface area contributed by atoms with E-state index in [0.29, 0.717) is 11.4 Å². The van der Waals surface area contributed by atoms with Crippen LogP contribution in [0.15, 0.2) is 57.6 Å². The van der Waals surface area contributed by atoms with Crippen molar-refractivity contribution in [2.24, 2.45) is 0 Å². The van der Waals surface area contributed by atoms with Gasteiger partial charge in [0.15, 0.2) is 11.8 Å². The molecule has 0 aliphatic carbocycles. The van der Waals surface area contributed by atoms with Crippen molar-refractivity contribution in [3.8, 4) is 17.0 Å². The summed E-state index contributed by atoms with van der Waals surface area (Å²) in [6.07, 6.45) is -0.820. The molecular weight excluding hydrogens is 393 g/mol. The lowest BCUT2D eigenvalue weighted by molar-refractivity contribution is -0.122. The van der Waals surface area contributed by atoms with Gasteiger partial charge in [-0.15, -0.1) is 0 Å². The number of rotatable bonds is 5. The van der Waals surface area contributed by atoms with Crippen LogP contribution in [-0.2, 0) is 4.79 Å². The fourth-order valence-electron chi connectivity index (χ4n) is 2.06. The fraction of sp³-hybridized carbons (Fsp3) is 0.118. The molecule has 0 saturated carbocycles. The average molecular weight is 406 g/mol. The number of ether oxygens (including phenoxy) is 1. The van der Waals surface area contributed by atoms with Gasteiger partial charge in [0.25, 0.3) is 5.91 Å². The molecule has 8 heteroatoms. The SMILES string of the molecule is C[C@@H](Oc1ccc(F)cc1)C(=O)Nc1nonc1-c1ccc(Br)cc1. The first-order valence-electron chi connectivity index (χ1n) is 7.34. The van der Waals surface area contributed by atoms with Crippen molar-refractivity contribution in [3.63, 3.8) is 0 Å². The van der Waals surface area contributed by atoms with Gasteiger partial charge in [-0.3, -0.25) is 4.79 Å². The third kappa shape index (κ3) is 4.21. The molecule has 1 N–H and O–H groups in total. The first kappa shape index (κ1) is 17.1. The minimum Gasteiger partial charge on any atom is -0.481 e. The predicted octanol–water partition coefficient (Wildman–Crippen LogP) is 4.04. The summed E-state index contributed by atoms with van der Waals surface area (Å²) in [6, 6.07) is 12.7. The third-order valence-electron chi connectivity index (χ3n) is 3.34. The molecule has 0 fully saturated rings. The first-order chi connectivity index (χ1) is 12.0. The number of aromatic nitrogens is 2. The molecule has 6 nitrogen and oxygen atoms in total. The Balaban J connectivity index is 1.70. The zero-order valence-electron chi connectivity index (χ0n) is 13.1. The maximum atomic E-state index is 12.9. The van der Waals surface area contributed by atoms with Crippen molar-refractivity contribution in [2.45, 2.75) is 13.0 Å². The number of carbonyl (C=O) groups excluding carboxylic acids is 1. The second-order valence-electron chi connectivity index (χ2n) is 5.17. The van der Waals surface area contributed by atoms with E-state index in [9.17, 15) is 9.18 Å². The Morgan fingerprint density at radius 2 is 1.84 bits per heavy atom.